The van der Waals surface area contributed by atoms with Gasteiger partial charge in [0.25, 0.3) is 0 Å². The summed E-state index contributed by atoms with van der Waals surface area (Å²) in [5, 5.41) is 3.44. The molecule has 1 unspecified atom stereocenters. The van der Waals surface area contributed by atoms with E-state index in [1.807, 2.05) is 0 Å². The Balaban J connectivity index is 1.71. The molecule has 0 aromatic carbocycles. The fourth-order valence-electron chi connectivity index (χ4n) is 2.27. The number of rotatable bonds is 6. The van der Waals surface area contributed by atoms with Crippen LogP contribution in [0.3, 0.4) is 0 Å². The van der Waals surface area contributed by atoms with Crippen molar-refractivity contribution in [2.45, 2.75) is 25.3 Å². The predicted molar refractivity (Wildman–Crippen MR) is 57.4 cm³/mol. The molecule has 1 saturated carbocycles. The molecule has 0 aromatic rings. The number of hydrogen-bond donors (Lipinski definition) is 1. The smallest absolute Gasteiger partial charge is 0.0589 e. The van der Waals surface area contributed by atoms with Crippen molar-refractivity contribution in [1.82, 2.24) is 10.2 Å². The van der Waals surface area contributed by atoms with E-state index in [0.29, 0.717) is 0 Å². The van der Waals surface area contributed by atoms with Crippen LogP contribution in [0.25, 0.3) is 0 Å². The van der Waals surface area contributed by atoms with Crippen molar-refractivity contribution >= 4 is 0 Å². The lowest BCUT2D eigenvalue weighted by Gasteiger charge is -2.24. The van der Waals surface area contributed by atoms with Crippen molar-refractivity contribution < 1.29 is 4.74 Å². The van der Waals surface area contributed by atoms with Crippen molar-refractivity contribution in [3.63, 3.8) is 0 Å². The number of nitrogens with one attached hydrogen (secondary N) is 1. The topological polar surface area (TPSA) is 24.5 Å². The van der Waals surface area contributed by atoms with E-state index in [1.54, 1.807) is 7.11 Å². The van der Waals surface area contributed by atoms with Gasteiger partial charge in [0.05, 0.1) is 6.61 Å². The van der Waals surface area contributed by atoms with Gasteiger partial charge in [0.2, 0.25) is 0 Å². The van der Waals surface area contributed by atoms with Gasteiger partial charge in [0, 0.05) is 26.2 Å². The minimum absolute atomic E-state index is 0.880. The molecule has 2 fully saturated rings. The second kappa shape index (κ2) is 5.10. The lowest BCUT2D eigenvalue weighted by Crippen LogP contribution is -2.35. The maximum Gasteiger partial charge on any atom is 0.0589 e. The van der Waals surface area contributed by atoms with Crippen LogP contribution < -0.4 is 5.32 Å². The molecule has 1 aliphatic heterocycles. The van der Waals surface area contributed by atoms with E-state index in [1.165, 1.54) is 38.9 Å². The van der Waals surface area contributed by atoms with E-state index >= 15 is 0 Å². The highest BCUT2D eigenvalue weighted by Gasteiger charge is 2.30. The van der Waals surface area contributed by atoms with E-state index in [-0.39, 0.29) is 0 Å². The van der Waals surface area contributed by atoms with E-state index in [4.69, 9.17) is 4.74 Å². The van der Waals surface area contributed by atoms with Crippen LogP contribution in [0.5, 0.6) is 0 Å². The van der Waals surface area contributed by atoms with Gasteiger partial charge in [-0.15, -0.1) is 0 Å². The molecule has 0 aromatic heterocycles. The van der Waals surface area contributed by atoms with Crippen LogP contribution in [0.4, 0.5) is 0 Å². The van der Waals surface area contributed by atoms with Gasteiger partial charge in [-0.05, 0) is 38.3 Å². The molecule has 2 aliphatic rings. The van der Waals surface area contributed by atoms with Gasteiger partial charge in [-0.3, -0.25) is 4.90 Å². The highest BCUT2D eigenvalue weighted by Crippen LogP contribution is 2.28. The van der Waals surface area contributed by atoms with Gasteiger partial charge in [-0.2, -0.15) is 0 Å². The lowest BCUT2D eigenvalue weighted by molar-refractivity contribution is 0.133. The summed E-state index contributed by atoms with van der Waals surface area (Å²) in [6, 6.07) is 0.880. The van der Waals surface area contributed by atoms with Gasteiger partial charge in [0.15, 0.2) is 0 Å². The van der Waals surface area contributed by atoms with Gasteiger partial charge in [0.1, 0.15) is 0 Å². The third-order valence-electron chi connectivity index (χ3n) is 3.30. The van der Waals surface area contributed by atoms with Crippen molar-refractivity contribution in [2.24, 2.45) is 5.92 Å². The lowest BCUT2D eigenvalue weighted by atomic mass is 10.1. The Kier molecular flexibility index (Phi) is 3.79. The molecular formula is C11H22N2O. The van der Waals surface area contributed by atoms with Crippen molar-refractivity contribution in [3.8, 4) is 0 Å². The first-order valence-electron chi connectivity index (χ1n) is 5.84. The first kappa shape index (κ1) is 10.4. The first-order valence-corrected chi connectivity index (χ1v) is 5.84. The molecule has 0 bridgehead atoms. The SMILES string of the molecule is COCCN(CC1CCNC1)C1CC1. The summed E-state index contributed by atoms with van der Waals surface area (Å²) in [5.41, 5.74) is 0. The Morgan fingerprint density at radius 3 is 2.79 bits per heavy atom. The van der Waals surface area contributed by atoms with Crippen LogP contribution in [0.15, 0.2) is 0 Å². The zero-order valence-electron chi connectivity index (χ0n) is 9.17. The Morgan fingerprint density at radius 1 is 1.36 bits per heavy atom. The molecule has 0 spiro atoms. The highest BCUT2D eigenvalue weighted by molar-refractivity contribution is 4.87. The minimum Gasteiger partial charge on any atom is -0.383 e. The van der Waals surface area contributed by atoms with E-state index in [0.717, 1.165) is 25.1 Å². The molecule has 3 nitrogen and oxygen atoms in total. The van der Waals surface area contributed by atoms with Crippen LogP contribution in [0.2, 0.25) is 0 Å². The molecule has 82 valence electrons. The van der Waals surface area contributed by atoms with E-state index < -0.39 is 0 Å². The summed E-state index contributed by atoms with van der Waals surface area (Å²) in [5.74, 6) is 0.882. The molecular weight excluding hydrogens is 176 g/mol. The van der Waals surface area contributed by atoms with Crippen molar-refractivity contribution in [1.29, 1.82) is 0 Å². The molecule has 1 N–H and O–H groups in total. The quantitative estimate of drug-likeness (QED) is 0.680. The average molecular weight is 198 g/mol. The Hall–Kier alpha value is -0.120. The molecule has 1 heterocycles. The van der Waals surface area contributed by atoms with Gasteiger partial charge >= 0.3 is 0 Å². The van der Waals surface area contributed by atoms with Crippen LogP contribution in [-0.4, -0.2) is 50.8 Å². The van der Waals surface area contributed by atoms with Crippen LogP contribution >= 0.6 is 0 Å². The standard InChI is InChI=1S/C11H22N2O/c1-14-7-6-13(11-2-3-11)9-10-4-5-12-8-10/h10-12H,2-9H2,1H3. The van der Waals surface area contributed by atoms with Crippen LogP contribution in [-0.2, 0) is 4.74 Å². The van der Waals surface area contributed by atoms with E-state index in [2.05, 4.69) is 10.2 Å². The molecule has 0 radical (unpaired) electrons. The second-order valence-corrected chi connectivity index (χ2v) is 4.58. The molecule has 0 amide bonds. The monoisotopic (exact) mass is 198 g/mol. The molecule has 3 heteroatoms. The summed E-state index contributed by atoms with van der Waals surface area (Å²) < 4.78 is 5.16. The average Bonchev–Trinajstić information content (AvgIpc) is 2.92. The van der Waals surface area contributed by atoms with Gasteiger partial charge in [-0.1, -0.05) is 0 Å². The molecule has 1 saturated heterocycles. The van der Waals surface area contributed by atoms with Crippen LogP contribution in [0, 0.1) is 5.92 Å². The molecule has 1 atom stereocenters. The summed E-state index contributed by atoms with van der Waals surface area (Å²) >= 11 is 0. The van der Waals surface area contributed by atoms with Crippen molar-refractivity contribution in [3.05, 3.63) is 0 Å². The van der Waals surface area contributed by atoms with Gasteiger partial charge in [-0.25, -0.2) is 0 Å². The maximum absolute atomic E-state index is 5.16. The fourth-order valence-corrected chi connectivity index (χ4v) is 2.27. The summed E-state index contributed by atoms with van der Waals surface area (Å²) in [4.78, 5) is 2.63. The zero-order valence-corrected chi connectivity index (χ0v) is 9.17. The molecule has 1 aliphatic carbocycles. The maximum atomic E-state index is 5.16. The Morgan fingerprint density at radius 2 is 2.21 bits per heavy atom. The number of nitrogens with zero attached hydrogens (tertiary/aromatic N) is 1. The predicted octanol–water partition coefficient (Wildman–Crippen LogP) is 0.707. The highest BCUT2D eigenvalue weighted by atomic mass is 16.5. The number of methoxy groups -OCH3 is 1. The third kappa shape index (κ3) is 2.94. The zero-order chi connectivity index (χ0) is 9.80. The fraction of sp³-hybridized carbons (Fsp3) is 1.00. The normalized spacial score (nSPS) is 27.4. The van der Waals surface area contributed by atoms with E-state index in [9.17, 15) is 0 Å². The second-order valence-electron chi connectivity index (χ2n) is 4.58. The number of hydrogen-bond acceptors (Lipinski definition) is 3. The van der Waals surface area contributed by atoms with Crippen molar-refractivity contribution in [2.75, 3.05) is 39.9 Å². The number of ether oxygens (including phenoxy) is 1. The summed E-state index contributed by atoms with van der Waals surface area (Å²) in [6.07, 6.45) is 4.17. The first-order chi connectivity index (χ1) is 6.90. The summed E-state index contributed by atoms with van der Waals surface area (Å²) in [7, 11) is 1.79. The summed E-state index contributed by atoms with van der Waals surface area (Å²) in [6.45, 7) is 5.72. The third-order valence-corrected chi connectivity index (χ3v) is 3.30. The van der Waals surface area contributed by atoms with Crippen LogP contribution in [0.1, 0.15) is 19.3 Å². The largest absolute Gasteiger partial charge is 0.383 e. The van der Waals surface area contributed by atoms with Gasteiger partial charge < -0.3 is 10.1 Å². The minimum atomic E-state index is 0.880. The molecule has 14 heavy (non-hydrogen) atoms. The Bertz CT molecular complexity index is 165. The molecule has 2 rings (SSSR count). The Labute approximate surface area is 86.8 Å².